The number of fused-ring (bicyclic) bond motifs is 1. The standard InChI is InChI=1S/C26H40O3S/c1-7-12-19-17-24-25(23(16-11-5)21(19)14-9-3)22(15-10-4)20(13-8-2)18(6)26(24)30(27,28)29/h17H,7-16H2,1-6H3,(H,27,28,29). The van der Waals surface area contributed by atoms with Gasteiger partial charge in [0.15, 0.2) is 0 Å². The fourth-order valence-electron chi connectivity index (χ4n) is 5.11. The molecule has 0 unspecified atom stereocenters. The first-order chi connectivity index (χ1) is 14.3. The van der Waals surface area contributed by atoms with Gasteiger partial charge in [0, 0.05) is 5.39 Å². The van der Waals surface area contributed by atoms with Gasteiger partial charge in [-0.1, -0.05) is 66.7 Å². The third-order valence-electron chi connectivity index (χ3n) is 6.12. The lowest BCUT2D eigenvalue weighted by molar-refractivity contribution is 0.483. The molecule has 0 radical (unpaired) electrons. The van der Waals surface area contributed by atoms with Crippen LogP contribution in [0.3, 0.4) is 0 Å². The van der Waals surface area contributed by atoms with Gasteiger partial charge in [-0.25, -0.2) is 0 Å². The van der Waals surface area contributed by atoms with E-state index < -0.39 is 10.1 Å². The predicted octanol–water partition coefficient (Wildman–Crippen LogP) is 7.16. The number of aryl methyl sites for hydroxylation is 3. The average molecular weight is 433 g/mol. The van der Waals surface area contributed by atoms with Crippen LogP contribution in [0.4, 0.5) is 0 Å². The number of hydrogen-bond acceptors (Lipinski definition) is 2. The van der Waals surface area contributed by atoms with Crippen molar-refractivity contribution in [3.63, 3.8) is 0 Å². The van der Waals surface area contributed by atoms with Gasteiger partial charge in [0.25, 0.3) is 10.1 Å². The molecule has 4 heteroatoms. The number of hydrogen-bond donors (Lipinski definition) is 1. The molecular weight excluding hydrogens is 392 g/mol. The molecule has 0 saturated carbocycles. The molecule has 3 nitrogen and oxygen atoms in total. The van der Waals surface area contributed by atoms with Crippen LogP contribution in [0.2, 0.25) is 0 Å². The zero-order valence-corrected chi connectivity index (χ0v) is 20.6. The zero-order chi connectivity index (χ0) is 22.5. The largest absolute Gasteiger partial charge is 0.295 e. The van der Waals surface area contributed by atoms with Gasteiger partial charge in [0.2, 0.25) is 0 Å². The fourth-order valence-corrected chi connectivity index (χ4v) is 6.06. The highest BCUT2D eigenvalue weighted by Crippen LogP contribution is 2.40. The van der Waals surface area contributed by atoms with Crippen LogP contribution < -0.4 is 0 Å². The van der Waals surface area contributed by atoms with Crippen molar-refractivity contribution in [3.05, 3.63) is 39.4 Å². The fraction of sp³-hybridized carbons (Fsp3) is 0.615. The molecule has 0 bridgehead atoms. The lowest BCUT2D eigenvalue weighted by Crippen LogP contribution is -2.12. The van der Waals surface area contributed by atoms with E-state index in [0.29, 0.717) is 0 Å². The second-order valence-electron chi connectivity index (χ2n) is 8.55. The van der Waals surface area contributed by atoms with Crippen LogP contribution in [-0.2, 0) is 42.2 Å². The maximum Gasteiger partial charge on any atom is 0.295 e. The summed E-state index contributed by atoms with van der Waals surface area (Å²) in [5.41, 5.74) is 7.17. The van der Waals surface area contributed by atoms with E-state index in [4.69, 9.17) is 0 Å². The molecule has 0 heterocycles. The summed E-state index contributed by atoms with van der Waals surface area (Å²) in [6, 6.07) is 2.09. The lowest BCUT2D eigenvalue weighted by Gasteiger charge is -2.25. The summed E-state index contributed by atoms with van der Waals surface area (Å²) in [7, 11) is -4.32. The first-order valence-electron chi connectivity index (χ1n) is 11.9. The molecule has 1 N–H and O–H groups in total. The Balaban J connectivity index is 3.22. The molecule has 30 heavy (non-hydrogen) atoms. The van der Waals surface area contributed by atoms with Crippen LogP contribution in [0.15, 0.2) is 11.0 Å². The molecule has 0 aromatic heterocycles. The van der Waals surface area contributed by atoms with E-state index in [1.54, 1.807) is 0 Å². The van der Waals surface area contributed by atoms with Crippen LogP contribution >= 0.6 is 0 Å². The number of benzene rings is 2. The molecule has 2 rings (SSSR count). The van der Waals surface area contributed by atoms with Gasteiger partial charge in [0.05, 0.1) is 0 Å². The van der Waals surface area contributed by atoms with Crippen LogP contribution in [-0.4, -0.2) is 13.0 Å². The summed E-state index contributed by atoms with van der Waals surface area (Å²) in [5.74, 6) is 0. The van der Waals surface area contributed by atoms with Crippen molar-refractivity contribution in [3.8, 4) is 0 Å². The van der Waals surface area contributed by atoms with Crippen LogP contribution in [0.5, 0.6) is 0 Å². The highest BCUT2D eigenvalue weighted by Gasteiger charge is 2.26. The van der Waals surface area contributed by atoms with E-state index in [1.165, 1.54) is 22.3 Å². The Hall–Kier alpha value is -1.39. The van der Waals surface area contributed by atoms with E-state index in [1.807, 2.05) is 6.92 Å². The van der Waals surface area contributed by atoms with Gasteiger partial charge in [-0.05, 0) is 83.9 Å². The Labute approximate surface area is 184 Å². The maximum atomic E-state index is 12.6. The normalized spacial score (nSPS) is 12.1. The smallest absolute Gasteiger partial charge is 0.282 e. The minimum atomic E-state index is -4.32. The van der Waals surface area contributed by atoms with Gasteiger partial charge in [-0.15, -0.1) is 0 Å². The molecule has 0 atom stereocenters. The first-order valence-corrected chi connectivity index (χ1v) is 13.3. The summed E-state index contributed by atoms with van der Waals surface area (Å²) in [6.07, 6.45) is 9.75. The average Bonchev–Trinajstić information content (AvgIpc) is 2.66. The van der Waals surface area contributed by atoms with E-state index >= 15 is 0 Å². The molecule has 0 aliphatic heterocycles. The van der Waals surface area contributed by atoms with Crippen molar-refractivity contribution in [2.45, 2.75) is 111 Å². The van der Waals surface area contributed by atoms with E-state index in [-0.39, 0.29) is 4.90 Å². The Bertz CT molecular complexity index is 988. The van der Waals surface area contributed by atoms with Crippen molar-refractivity contribution in [1.29, 1.82) is 0 Å². The summed E-state index contributed by atoms with van der Waals surface area (Å²) >= 11 is 0. The molecule has 2 aromatic carbocycles. The van der Waals surface area contributed by atoms with Crippen molar-refractivity contribution < 1.29 is 13.0 Å². The van der Waals surface area contributed by atoms with E-state index in [0.717, 1.165) is 86.1 Å². The summed E-state index contributed by atoms with van der Waals surface area (Å²) in [5, 5.41) is 1.86. The Morgan fingerprint density at radius 1 is 0.700 bits per heavy atom. The SMILES string of the molecule is CCCc1cc2c(S(=O)(=O)O)c(C)c(CCC)c(CCC)c2c(CCC)c1CCC. The van der Waals surface area contributed by atoms with Gasteiger partial charge < -0.3 is 0 Å². The first kappa shape index (κ1) is 24.9. The topological polar surface area (TPSA) is 54.4 Å². The third kappa shape index (κ3) is 4.91. The van der Waals surface area contributed by atoms with E-state index in [2.05, 4.69) is 40.7 Å². The molecule has 2 aromatic rings. The van der Waals surface area contributed by atoms with Gasteiger partial charge in [-0.2, -0.15) is 8.42 Å². The van der Waals surface area contributed by atoms with Crippen LogP contribution in [0.1, 0.15) is 100 Å². The molecular formula is C26H40O3S. The summed E-state index contributed by atoms with van der Waals surface area (Å²) in [4.78, 5) is 0.138. The second kappa shape index (κ2) is 10.8. The van der Waals surface area contributed by atoms with Gasteiger partial charge >= 0.3 is 0 Å². The molecule has 0 amide bonds. The van der Waals surface area contributed by atoms with Gasteiger partial charge in [-0.3, -0.25) is 4.55 Å². The van der Waals surface area contributed by atoms with E-state index in [9.17, 15) is 13.0 Å². The molecule has 0 fully saturated rings. The molecule has 0 spiro atoms. The summed E-state index contributed by atoms with van der Waals surface area (Å²) in [6.45, 7) is 12.8. The van der Waals surface area contributed by atoms with Crippen molar-refractivity contribution in [2.75, 3.05) is 0 Å². The minimum absolute atomic E-state index is 0.138. The Morgan fingerprint density at radius 3 is 1.60 bits per heavy atom. The highest BCUT2D eigenvalue weighted by atomic mass is 32.2. The maximum absolute atomic E-state index is 12.6. The summed E-state index contributed by atoms with van der Waals surface area (Å²) < 4.78 is 35.5. The highest BCUT2D eigenvalue weighted by molar-refractivity contribution is 7.86. The zero-order valence-electron chi connectivity index (χ0n) is 19.8. The van der Waals surface area contributed by atoms with Crippen molar-refractivity contribution in [2.24, 2.45) is 0 Å². The Morgan fingerprint density at radius 2 is 1.13 bits per heavy atom. The lowest BCUT2D eigenvalue weighted by atomic mass is 9.81. The minimum Gasteiger partial charge on any atom is -0.282 e. The molecule has 0 saturated heterocycles. The van der Waals surface area contributed by atoms with Crippen molar-refractivity contribution in [1.82, 2.24) is 0 Å². The molecule has 0 aliphatic rings. The molecule has 0 aliphatic carbocycles. The second-order valence-corrected chi connectivity index (χ2v) is 9.91. The molecule has 168 valence electrons. The van der Waals surface area contributed by atoms with Crippen LogP contribution in [0, 0.1) is 6.92 Å². The quantitative estimate of drug-likeness (QED) is 0.383. The van der Waals surface area contributed by atoms with Gasteiger partial charge in [0.1, 0.15) is 4.90 Å². The van der Waals surface area contributed by atoms with Crippen molar-refractivity contribution >= 4 is 20.9 Å². The van der Waals surface area contributed by atoms with Crippen LogP contribution in [0.25, 0.3) is 10.8 Å². The monoisotopic (exact) mass is 432 g/mol. The number of rotatable bonds is 11. The predicted molar refractivity (Wildman–Crippen MR) is 128 cm³/mol. The Kier molecular flexibility index (Phi) is 8.93. The third-order valence-corrected chi connectivity index (χ3v) is 7.16.